The van der Waals surface area contributed by atoms with Gasteiger partial charge in [-0.1, -0.05) is 23.7 Å². The first-order valence-electron chi connectivity index (χ1n) is 5.99. The van der Waals surface area contributed by atoms with Crippen LogP contribution in [0.15, 0.2) is 42.5 Å². The quantitative estimate of drug-likeness (QED) is 0.931. The number of nitrogens with one attached hydrogen (secondary N) is 1. The number of benzene rings is 2. The first kappa shape index (κ1) is 14.3. The topological polar surface area (TPSA) is 38.3 Å². The number of hydrogen-bond acceptors (Lipinski definition) is 2. The van der Waals surface area contributed by atoms with E-state index in [0.29, 0.717) is 16.5 Å². The third-order valence-electron chi connectivity index (χ3n) is 2.55. The van der Waals surface area contributed by atoms with Crippen LogP contribution in [0.3, 0.4) is 0 Å². The van der Waals surface area contributed by atoms with Gasteiger partial charge in [0.15, 0.2) is 6.61 Å². The minimum atomic E-state index is -0.412. The molecule has 3 nitrogen and oxygen atoms in total. The molecule has 0 heterocycles. The van der Waals surface area contributed by atoms with E-state index in [1.54, 1.807) is 18.2 Å². The van der Waals surface area contributed by atoms with Gasteiger partial charge in [0.25, 0.3) is 5.91 Å². The molecule has 5 heteroatoms. The summed E-state index contributed by atoms with van der Waals surface area (Å²) in [5.41, 5.74) is 1.36. The van der Waals surface area contributed by atoms with Crippen LogP contribution in [-0.4, -0.2) is 12.5 Å². The van der Waals surface area contributed by atoms with E-state index in [1.165, 1.54) is 18.2 Å². The highest BCUT2D eigenvalue weighted by atomic mass is 35.5. The summed E-state index contributed by atoms with van der Waals surface area (Å²) in [7, 11) is 0. The molecule has 104 valence electrons. The van der Waals surface area contributed by atoms with Gasteiger partial charge in [-0.2, -0.15) is 0 Å². The molecule has 0 atom stereocenters. The molecule has 2 rings (SSSR count). The van der Waals surface area contributed by atoms with Gasteiger partial charge in [0.1, 0.15) is 11.6 Å². The van der Waals surface area contributed by atoms with Crippen LogP contribution in [0.25, 0.3) is 0 Å². The van der Waals surface area contributed by atoms with Crippen molar-refractivity contribution in [3.63, 3.8) is 0 Å². The number of carbonyl (C=O) groups is 1. The Morgan fingerprint density at radius 2 is 2.10 bits per heavy atom. The van der Waals surface area contributed by atoms with Crippen molar-refractivity contribution in [3.8, 4) is 5.75 Å². The van der Waals surface area contributed by atoms with E-state index in [9.17, 15) is 9.18 Å². The standard InChI is InChI=1S/C15H13ClFNO2/c1-10-5-6-13(16)14(7-10)20-9-15(19)18-12-4-2-3-11(17)8-12/h2-8H,9H2,1H3,(H,18,19). The van der Waals surface area contributed by atoms with Crippen molar-refractivity contribution in [2.24, 2.45) is 0 Å². The Morgan fingerprint density at radius 1 is 1.30 bits per heavy atom. The van der Waals surface area contributed by atoms with Crippen molar-refractivity contribution >= 4 is 23.2 Å². The van der Waals surface area contributed by atoms with Crippen LogP contribution in [0, 0.1) is 12.7 Å². The molecular formula is C15H13ClFNO2. The number of ether oxygens (including phenoxy) is 1. The normalized spacial score (nSPS) is 10.2. The molecule has 0 aliphatic heterocycles. The van der Waals surface area contributed by atoms with E-state index in [1.807, 2.05) is 13.0 Å². The maximum Gasteiger partial charge on any atom is 0.262 e. The highest BCUT2D eigenvalue weighted by Gasteiger charge is 2.07. The molecule has 0 spiro atoms. The Hall–Kier alpha value is -2.07. The van der Waals surface area contributed by atoms with Crippen molar-refractivity contribution in [1.29, 1.82) is 0 Å². The van der Waals surface area contributed by atoms with Gasteiger partial charge >= 0.3 is 0 Å². The lowest BCUT2D eigenvalue weighted by atomic mass is 10.2. The van der Waals surface area contributed by atoms with Gasteiger partial charge in [0, 0.05) is 5.69 Å². The molecule has 0 saturated heterocycles. The Morgan fingerprint density at radius 3 is 2.85 bits per heavy atom. The fraction of sp³-hybridized carbons (Fsp3) is 0.133. The van der Waals surface area contributed by atoms with Crippen LogP contribution in [0.4, 0.5) is 10.1 Å². The molecule has 1 amide bonds. The molecule has 20 heavy (non-hydrogen) atoms. The van der Waals surface area contributed by atoms with E-state index >= 15 is 0 Å². The summed E-state index contributed by atoms with van der Waals surface area (Å²) in [6, 6.07) is 11.0. The summed E-state index contributed by atoms with van der Waals surface area (Å²) < 4.78 is 18.3. The lowest BCUT2D eigenvalue weighted by Gasteiger charge is -2.09. The van der Waals surface area contributed by atoms with E-state index in [-0.39, 0.29) is 12.5 Å². The zero-order valence-electron chi connectivity index (χ0n) is 10.8. The Kier molecular flexibility index (Phi) is 4.58. The summed E-state index contributed by atoms with van der Waals surface area (Å²) >= 11 is 5.95. The number of hydrogen-bond donors (Lipinski definition) is 1. The van der Waals surface area contributed by atoms with E-state index in [4.69, 9.17) is 16.3 Å². The number of halogens is 2. The molecule has 0 radical (unpaired) electrons. The molecule has 0 aliphatic carbocycles. The third-order valence-corrected chi connectivity index (χ3v) is 2.87. The summed E-state index contributed by atoms with van der Waals surface area (Å²) in [6.45, 7) is 1.70. The monoisotopic (exact) mass is 293 g/mol. The molecule has 0 unspecified atom stereocenters. The first-order valence-corrected chi connectivity index (χ1v) is 6.37. The van der Waals surface area contributed by atoms with E-state index in [0.717, 1.165) is 5.56 Å². The van der Waals surface area contributed by atoms with E-state index in [2.05, 4.69) is 5.32 Å². The zero-order valence-corrected chi connectivity index (χ0v) is 11.6. The third kappa shape index (κ3) is 3.96. The van der Waals surface area contributed by atoms with Crippen molar-refractivity contribution in [3.05, 3.63) is 58.9 Å². The minimum absolute atomic E-state index is 0.195. The van der Waals surface area contributed by atoms with Crippen molar-refractivity contribution in [2.45, 2.75) is 6.92 Å². The van der Waals surface area contributed by atoms with Crippen LogP contribution >= 0.6 is 11.6 Å². The largest absolute Gasteiger partial charge is 0.482 e. The van der Waals surface area contributed by atoms with E-state index < -0.39 is 5.82 Å². The maximum absolute atomic E-state index is 13.0. The smallest absolute Gasteiger partial charge is 0.262 e. The Labute approximate surface area is 121 Å². The molecule has 0 bridgehead atoms. The van der Waals surface area contributed by atoms with Gasteiger partial charge in [-0.25, -0.2) is 4.39 Å². The fourth-order valence-corrected chi connectivity index (χ4v) is 1.80. The number of carbonyl (C=O) groups excluding carboxylic acids is 1. The number of aryl methyl sites for hydroxylation is 1. The van der Waals surface area contributed by atoms with Crippen molar-refractivity contribution in [1.82, 2.24) is 0 Å². The minimum Gasteiger partial charge on any atom is -0.482 e. The highest BCUT2D eigenvalue weighted by molar-refractivity contribution is 6.32. The average Bonchev–Trinajstić information content (AvgIpc) is 2.40. The van der Waals surface area contributed by atoms with Crippen molar-refractivity contribution < 1.29 is 13.9 Å². The first-order chi connectivity index (χ1) is 9.54. The molecular weight excluding hydrogens is 281 g/mol. The molecule has 0 aromatic heterocycles. The molecule has 0 aliphatic rings. The number of anilines is 1. The Bertz CT molecular complexity index is 631. The molecule has 1 N–H and O–H groups in total. The molecule has 0 saturated carbocycles. The van der Waals surface area contributed by atoms with Crippen LogP contribution < -0.4 is 10.1 Å². The van der Waals surface area contributed by atoms with Gasteiger partial charge in [-0.3, -0.25) is 4.79 Å². The summed E-state index contributed by atoms with van der Waals surface area (Å²) in [5.74, 6) is -0.348. The molecule has 2 aromatic rings. The average molecular weight is 294 g/mol. The SMILES string of the molecule is Cc1ccc(Cl)c(OCC(=O)Nc2cccc(F)c2)c1. The van der Waals surface area contributed by atoms with Gasteiger partial charge < -0.3 is 10.1 Å². The summed E-state index contributed by atoms with van der Waals surface area (Å²) in [5, 5.41) is 2.98. The lowest BCUT2D eigenvalue weighted by molar-refractivity contribution is -0.118. The second-order valence-corrected chi connectivity index (χ2v) is 4.69. The second-order valence-electron chi connectivity index (χ2n) is 4.28. The predicted octanol–water partition coefficient (Wildman–Crippen LogP) is 3.81. The Balaban J connectivity index is 1.94. The van der Waals surface area contributed by atoms with Gasteiger partial charge in [-0.05, 0) is 42.8 Å². The predicted molar refractivity (Wildman–Crippen MR) is 76.7 cm³/mol. The fourth-order valence-electron chi connectivity index (χ4n) is 1.63. The van der Waals surface area contributed by atoms with Gasteiger partial charge in [0.05, 0.1) is 5.02 Å². The summed E-state index contributed by atoms with van der Waals surface area (Å²) in [4.78, 5) is 11.7. The lowest BCUT2D eigenvalue weighted by Crippen LogP contribution is -2.20. The number of rotatable bonds is 4. The van der Waals surface area contributed by atoms with Crippen molar-refractivity contribution in [2.75, 3.05) is 11.9 Å². The summed E-state index contributed by atoms with van der Waals surface area (Å²) in [6.07, 6.45) is 0. The van der Waals surface area contributed by atoms with Crippen LogP contribution in [0.1, 0.15) is 5.56 Å². The van der Waals surface area contributed by atoms with Crippen LogP contribution in [0.2, 0.25) is 5.02 Å². The zero-order chi connectivity index (χ0) is 14.5. The van der Waals surface area contributed by atoms with Crippen LogP contribution in [-0.2, 0) is 4.79 Å². The maximum atomic E-state index is 13.0. The number of amides is 1. The highest BCUT2D eigenvalue weighted by Crippen LogP contribution is 2.25. The van der Waals surface area contributed by atoms with Crippen LogP contribution in [0.5, 0.6) is 5.75 Å². The van der Waals surface area contributed by atoms with Gasteiger partial charge in [-0.15, -0.1) is 0 Å². The second kappa shape index (κ2) is 6.39. The molecule has 2 aromatic carbocycles. The molecule has 0 fully saturated rings. The van der Waals surface area contributed by atoms with Gasteiger partial charge in [0.2, 0.25) is 0 Å².